The van der Waals surface area contributed by atoms with Gasteiger partial charge in [-0.1, -0.05) is 45.4 Å². The molecule has 0 N–H and O–H groups in total. The first-order valence-electron chi connectivity index (χ1n) is 7.02. The van der Waals surface area contributed by atoms with Gasteiger partial charge in [-0.2, -0.15) is 0 Å². The van der Waals surface area contributed by atoms with Gasteiger partial charge in [0.2, 0.25) is 0 Å². The number of ether oxygens (including phenoxy) is 1. The first-order valence-corrected chi connectivity index (χ1v) is 7.02. The fourth-order valence-corrected chi connectivity index (χ4v) is 2.32. The van der Waals surface area contributed by atoms with Gasteiger partial charge in [0.05, 0.1) is 6.61 Å². The van der Waals surface area contributed by atoms with Gasteiger partial charge in [-0.15, -0.1) is 12.3 Å². The third kappa shape index (κ3) is 3.77. The highest BCUT2D eigenvalue weighted by molar-refractivity contribution is 5.49. The standard InChI is InChI=1S/C18H26O/c1-8-10-14(4)15-11-13(3)12-16(18(5,6)7)17(15)19-9-2/h1,11-12,14H,9-10H2,2-7H3. The molecule has 0 aliphatic rings. The first-order chi connectivity index (χ1) is 8.81. The van der Waals surface area contributed by atoms with Gasteiger partial charge in [0.1, 0.15) is 5.75 Å². The summed E-state index contributed by atoms with van der Waals surface area (Å²) < 4.78 is 5.95. The zero-order chi connectivity index (χ0) is 14.6. The number of hydrogen-bond donors (Lipinski definition) is 0. The van der Waals surface area contributed by atoms with E-state index in [1.807, 2.05) is 6.92 Å². The van der Waals surface area contributed by atoms with Crippen LogP contribution in [0.2, 0.25) is 0 Å². The Balaban J connectivity index is 3.45. The van der Waals surface area contributed by atoms with Gasteiger partial charge in [-0.05, 0) is 30.7 Å². The highest BCUT2D eigenvalue weighted by Crippen LogP contribution is 2.39. The summed E-state index contributed by atoms with van der Waals surface area (Å²) in [5, 5.41) is 0. The van der Waals surface area contributed by atoms with Crippen molar-refractivity contribution >= 4 is 0 Å². The maximum atomic E-state index is 5.95. The average molecular weight is 258 g/mol. The number of rotatable bonds is 4. The lowest BCUT2D eigenvalue weighted by Gasteiger charge is -2.27. The Labute approximate surface area is 118 Å². The number of hydrogen-bond acceptors (Lipinski definition) is 1. The number of benzene rings is 1. The quantitative estimate of drug-likeness (QED) is 0.704. The Morgan fingerprint density at radius 3 is 2.42 bits per heavy atom. The summed E-state index contributed by atoms with van der Waals surface area (Å²) in [7, 11) is 0. The molecule has 1 heteroatoms. The van der Waals surface area contributed by atoms with Crippen molar-refractivity contribution in [3.05, 3.63) is 28.8 Å². The fourth-order valence-electron chi connectivity index (χ4n) is 2.32. The maximum absolute atomic E-state index is 5.95. The Morgan fingerprint density at radius 1 is 1.32 bits per heavy atom. The van der Waals surface area contributed by atoms with Gasteiger partial charge in [0, 0.05) is 12.0 Å². The average Bonchev–Trinajstić information content (AvgIpc) is 2.30. The molecule has 19 heavy (non-hydrogen) atoms. The summed E-state index contributed by atoms with van der Waals surface area (Å²) in [5.74, 6) is 4.11. The Bertz CT molecular complexity index is 472. The van der Waals surface area contributed by atoms with Crippen LogP contribution in [0, 0.1) is 19.3 Å². The lowest BCUT2D eigenvalue weighted by molar-refractivity contribution is 0.324. The van der Waals surface area contributed by atoms with Gasteiger partial charge in [-0.3, -0.25) is 0 Å². The molecule has 1 aromatic carbocycles. The van der Waals surface area contributed by atoms with E-state index in [4.69, 9.17) is 11.2 Å². The molecule has 0 aliphatic carbocycles. The first kappa shape index (κ1) is 15.6. The molecule has 0 radical (unpaired) electrons. The van der Waals surface area contributed by atoms with Gasteiger partial charge in [-0.25, -0.2) is 0 Å². The van der Waals surface area contributed by atoms with E-state index in [-0.39, 0.29) is 5.41 Å². The van der Waals surface area contributed by atoms with Crippen LogP contribution in [0.15, 0.2) is 12.1 Å². The predicted molar refractivity (Wildman–Crippen MR) is 82.9 cm³/mol. The van der Waals surface area contributed by atoms with E-state index in [9.17, 15) is 0 Å². The fraction of sp³-hybridized carbons (Fsp3) is 0.556. The molecular weight excluding hydrogens is 232 g/mol. The Morgan fingerprint density at radius 2 is 1.95 bits per heavy atom. The van der Waals surface area contributed by atoms with Crippen molar-refractivity contribution in [2.45, 2.75) is 59.3 Å². The van der Waals surface area contributed by atoms with Crippen molar-refractivity contribution in [1.29, 1.82) is 0 Å². The summed E-state index contributed by atoms with van der Waals surface area (Å²) in [4.78, 5) is 0. The molecule has 1 atom stereocenters. The molecular formula is C18H26O. The molecule has 1 rings (SSSR count). The van der Waals surface area contributed by atoms with E-state index in [1.165, 1.54) is 16.7 Å². The summed E-state index contributed by atoms with van der Waals surface area (Å²) in [6.45, 7) is 13.7. The molecule has 0 saturated carbocycles. The third-order valence-electron chi connectivity index (χ3n) is 3.31. The number of terminal acetylenes is 1. The lowest BCUT2D eigenvalue weighted by Crippen LogP contribution is -2.16. The van der Waals surface area contributed by atoms with Crippen molar-refractivity contribution in [3.8, 4) is 18.1 Å². The van der Waals surface area contributed by atoms with Crippen LogP contribution in [0.3, 0.4) is 0 Å². The molecule has 1 aromatic rings. The summed E-state index contributed by atoms with van der Waals surface area (Å²) >= 11 is 0. The smallest absolute Gasteiger partial charge is 0.126 e. The van der Waals surface area contributed by atoms with Crippen molar-refractivity contribution < 1.29 is 4.74 Å². The minimum atomic E-state index is 0.0706. The molecule has 0 aromatic heterocycles. The van der Waals surface area contributed by atoms with E-state index in [0.717, 1.165) is 12.2 Å². The van der Waals surface area contributed by atoms with Crippen molar-refractivity contribution in [3.63, 3.8) is 0 Å². The zero-order valence-electron chi connectivity index (χ0n) is 13.1. The normalized spacial score (nSPS) is 12.9. The van der Waals surface area contributed by atoms with E-state index in [1.54, 1.807) is 0 Å². The summed E-state index contributed by atoms with van der Waals surface area (Å²) in [6, 6.07) is 4.44. The van der Waals surface area contributed by atoms with Crippen LogP contribution in [-0.2, 0) is 5.41 Å². The minimum Gasteiger partial charge on any atom is -0.493 e. The molecule has 1 nitrogen and oxygen atoms in total. The Hall–Kier alpha value is -1.42. The molecule has 0 aliphatic heterocycles. The zero-order valence-corrected chi connectivity index (χ0v) is 13.1. The van der Waals surface area contributed by atoms with Crippen molar-refractivity contribution in [2.24, 2.45) is 0 Å². The largest absolute Gasteiger partial charge is 0.493 e. The molecule has 0 saturated heterocycles. The van der Waals surface area contributed by atoms with Gasteiger partial charge >= 0.3 is 0 Å². The van der Waals surface area contributed by atoms with Crippen LogP contribution < -0.4 is 4.74 Å². The van der Waals surface area contributed by atoms with E-state index in [0.29, 0.717) is 12.5 Å². The second kappa shape index (κ2) is 6.15. The van der Waals surface area contributed by atoms with Gasteiger partial charge in [0.15, 0.2) is 0 Å². The van der Waals surface area contributed by atoms with Crippen LogP contribution in [0.1, 0.15) is 63.6 Å². The molecule has 104 valence electrons. The van der Waals surface area contributed by atoms with E-state index in [2.05, 4.69) is 52.7 Å². The van der Waals surface area contributed by atoms with Crippen molar-refractivity contribution in [1.82, 2.24) is 0 Å². The topological polar surface area (TPSA) is 9.23 Å². The van der Waals surface area contributed by atoms with Crippen LogP contribution in [-0.4, -0.2) is 6.61 Å². The van der Waals surface area contributed by atoms with Crippen molar-refractivity contribution in [2.75, 3.05) is 6.61 Å². The molecule has 1 unspecified atom stereocenters. The predicted octanol–water partition coefficient (Wildman–Crippen LogP) is 4.82. The van der Waals surface area contributed by atoms with Crippen LogP contribution in [0.4, 0.5) is 0 Å². The summed E-state index contributed by atoms with van der Waals surface area (Å²) in [5.41, 5.74) is 3.85. The number of aryl methyl sites for hydroxylation is 1. The van der Waals surface area contributed by atoms with Crippen LogP contribution >= 0.6 is 0 Å². The minimum absolute atomic E-state index is 0.0706. The maximum Gasteiger partial charge on any atom is 0.126 e. The molecule has 0 fully saturated rings. The lowest BCUT2D eigenvalue weighted by atomic mass is 9.82. The molecule has 0 heterocycles. The van der Waals surface area contributed by atoms with E-state index < -0.39 is 0 Å². The van der Waals surface area contributed by atoms with Crippen LogP contribution in [0.5, 0.6) is 5.75 Å². The highest BCUT2D eigenvalue weighted by Gasteiger charge is 2.23. The molecule has 0 spiro atoms. The summed E-state index contributed by atoms with van der Waals surface area (Å²) in [6.07, 6.45) is 6.21. The molecule has 0 bridgehead atoms. The highest BCUT2D eigenvalue weighted by atomic mass is 16.5. The SMILES string of the molecule is C#CCC(C)c1cc(C)cc(C(C)(C)C)c1OCC. The monoisotopic (exact) mass is 258 g/mol. The second-order valence-electron chi connectivity index (χ2n) is 6.22. The Kier molecular flexibility index (Phi) is 5.06. The third-order valence-corrected chi connectivity index (χ3v) is 3.31. The van der Waals surface area contributed by atoms with Gasteiger partial charge in [0.25, 0.3) is 0 Å². The van der Waals surface area contributed by atoms with E-state index >= 15 is 0 Å². The molecule has 0 amide bonds. The van der Waals surface area contributed by atoms with Crippen LogP contribution in [0.25, 0.3) is 0 Å². The van der Waals surface area contributed by atoms with Gasteiger partial charge < -0.3 is 4.74 Å². The second-order valence-corrected chi connectivity index (χ2v) is 6.22.